The second-order valence-corrected chi connectivity index (χ2v) is 7.65. The Kier molecular flexibility index (Phi) is 5.56. The normalized spacial score (nSPS) is 15.2. The monoisotopic (exact) mass is 283 g/mol. The van der Waals surface area contributed by atoms with Crippen LogP contribution in [0, 0.1) is 13.8 Å². The van der Waals surface area contributed by atoms with E-state index in [1.165, 1.54) is 0 Å². The Morgan fingerprint density at radius 2 is 1.84 bits per heavy atom. The molecule has 0 spiro atoms. The zero-order valence-electron chi connectivity index (χ0n) is 12.5. The van der Waals surface area contributed by atoms with Gasteiger partial charge in [-0.25, -0.2) is 8.42 Å². The Labute approximate surface area is 117 Å². The molecule has 1 rings (SSSR count). The van der Waals surface area contributed by atoms with Gasteiger partial charge in [0.2, 0.25) is 0 Å². The fourth-order valence-electron chi connectivity index (χ4n) is 2.29. The van der Waals surface area contributed by atoms with Crippen LogP contribution in [0.1, 0.15) is 38.3 Å². The molecular formula is C15H25NO2S. The Balaban J connectivity index is 3.00. The minimum absolute atomic E-state index is 0.208. The van der Waals surface area contributed by atoms with Crippen LogP contribution in [0.5, 0.6) is 0 Å². The van der Waals surface area contributed by atoms with E-state index in [2.05, 4.69) is 5.32 Å². The van der Waals surface area contributed by atoms with Gasteiger partial charge in [-0.2, -0.15) is 0 Å². The van der Waals surface area contributed by atoms with Gasteiger partial charge in [-0.05, 0) is 57.9 Å². The van der Waals surface area contributed by atoms with E-state index in [4.69, 9.17) is 0 Å². The summed E-state index contributed by atoms with van der Waals surface area (Å²) in [6.07, 6.45) is 0.629. The molecule has 4 heteroatoms. The first-order valence-electron chi connectivity index (χ1n) is 6.83. The average Bonchev–Trinajstić information content (AvgIpc) is 2.32. The molecule has 19 heavy (non-hydrogen) atoms. The van der Waals surface area contributed by atoms with E-state index in [1.807, 2.05) is 39.8 Å². The molecular weight excluding hydrogens is 258 g/mol. The average molecular weight is 283 g/mol. The third kappa shape index (κ3) is 4.05. The van der Waals surface area contributed by atoms with Crippen LogP contribution in [0.15, 0.2) is 23.1 Å². The van der Waals surface area contributed by atoms with Crippen LogP contribution < -0.4 is 5.32 Å². The summed E-state index contributed by atoms with van der Waals surface area (Å²) in [7, 11) is -3.25. The third-order valence-corrected chi connectivity index (χ3v) is 5.72. The van der Waals surface area contributed by atoms with Gasteiger partial charge in [-0.1, -0.05) is 19.1 Å². The molecule has 0 saturated carbocycles. The molecule has 3 nitrogen and oxygen atoms in total. The molecule has 0 aliphatic rings. The maximum absolute atomic E-state index is 12.6. The number of hydrogen-bond acceptors (Lipinski definition) is 3. The minimum atomic E-state index is -3.25. The molecule has 2 unspecified atom stereocenters. The molecule has 1 N–H and O–H groups in total. The molecule has 1 aromatic carbocycles. The lowest BCUT2D eigenvalue weighted by Crippen LogP contribution is -2.32. The molecule has 0 aromatic heterocycles. The van der Waals surface area contributed by atoms with Crippen molar-refractivity contribution in [1.29, 1.82) is 0 Å². The SMILES string of the molecule is CCNC(C)CC(C)S(=O)(=O)c1cc(C)ccc1C. The fraction of sp³-hybridized carbons (Fsp3) is 0.600. The highest BCUT2D eigenvalue weighted by molar-refractivity contribution is 7.92. The topological polar surface area (TPSA) is 46.2 Å². The van der Waals surface area contributed by atoms with Crippen molar-refractivity contribution in [2.24, 2.45) is 0 Å². The van der Waals surface area contributed by atoms with Crippen LogP contribution in [0.3, 0.4) is 0 Å². The summed E-state index contributed by atoms with van der Waals surface area (Å²) < 4.78 is 25.2. The third-order valence-electron chi connectivity index (χ3n) is 3.42. The van der Waals surface area contributed by atoms with Gasteiger partial charge in [0.25, 0.3) is 0 Å². The second-order valence-electron chi connectivity index (χ2n) is 5.32. The van der Waals surface area contributed by atoms with Crippen LogP contribution >= 0.6 is 0 Å². The van der Waals surface area contributed by atoms with Crippen molar-refractivity contribution < 1.29 is 8.42 Å². The summed E-state index contributed by atoms with van der Waals surface area (Å²) >= 11 is 0. The number of nitrogens with one attached hydrogen (secondary N) is 1. The number of hydrogen-bond donors (Lipinski definition) is 1. The zero-order chi connectivity index (χ0) is 14.6. The van der Waals surface area contributed by atoms with E-state index in [-0.39, 0.29) is 11.3 Å². The molecule has 0 aliphatic carbocycles. The maximum Gasteiger partial charge on any atom is 0.181 e. The quantitative estimate of drug-likeness (QED) is 0.873. The fourth-order valence-corrected chi connectivity index (χ4v) is 4.13. The van der Waals surface area contributed by atoms with Gasteiger partial charge in [0.1, 0.15) is 0 Å². The van der Waals surface area contributed by atoms with Crippen LogP contribution in [0.4, 0.5) is 0 Å². The zero-order valence-corrected chi connectivity index (χ0v) is 13.3. The van der Waals surface area contributed by atoms with Crippen LogP contribution in [0.25, 0.3) is 0 Å². The molecule has 0 bridgehead atoms. The highest BCUT2D eigenvalue weighted by Gasteiger charge is 2.26. The Morgan fingerprint density at radius 1 is 1.21 bits per heavy atom. The van der Waals surface area contributed by atoms with Crippen LogP contribution in [0.2, 0.25) is 0 Å². The molecule has 0 heterocycles. The van der Waals surface area contributed by atoms with E-state index in [1.54, 1.807) is 13.0 Å². The van der Waals surface area contributed by atoms with Gasteiger partial charge >= 0.3 is 0 Å². The Hall–Kier alpha value is -0.870. The molecule has 0 amide bonds. The highest BCUT2D eigenvalue weighted by atomic mass is 32.2. The van der Waals surface area contributed by atoms with Crippen LogP contribution in [-0.2, 0) is 9.84 Å². The van der Waals surface area contributed by atoms with Crippen molar-refractivity contribution >= 4 is 9.84 Å². The molecule has 2 atom stereocenters. The summed E-state index contributed by atoms with van der Waals surface area (Å²) in [5.41, 5.74) is 1.81. The van der Waals surface area contributed by atoms with Crippen molar-refractivity contribution in [3.63, 3.8) is 0 Å². The summed E-state index contributed by atoms with van der Waals surface area (Å²) in [4.78, 5) is 0.476. The van der Waals surface area contributed by atoms with Gasteiger partial charge < -0.3 is 5.32 Å². The summed E-state index contributed by atoms with van der Waals surface area (Å²) in [6, 6.07) is 5.81. The smallest absolute Gasteiger partial charge is 0.181 e. The van der Waals surface area contributed by atoms with Gasteiger partial charge in [0, 0.05) is 6.04 Å². The Bertz CT molecular complexity index is 523. The molecule has 0 saturated heterocycles. The Morgan fingerprint density at radius 3 is 2.42 bits per heavy atom. The lowest BCUT2D eigenvalue weighted by Gasteiger charge is -2.19. The summed E-state index contributed by atoms with van der Waals surface area (Å²) in [6.45, 7) is 10.5. The van der Waals surface area contributed by atoms with Gasteiger partial charge in [-0.15, -0.1) is 0 Å². The van der Waals surface area contributed by atoms with Gasteiger partial charge in [0.05, 0.1) is 10.1 Å². The highest BCUT2D eigenvalue weighted by Crippen LogP contribution is 2.23. The molecule has 0 radical (unpaired) electrons. The standard InChI is InChI=1S/C15H25NO2S/c1-6-16-13(4)10-14(5)19(17,18)15-9-11(2)7-8-12(15)3/h7-9,13-14,16H,6,10H2,1-5H3. The van der Waals surface area contributed by atoms with Crippen molar-refractivity contribution in [3.05, 3.63) is 29.3 Å². The maximum atomic E-state index is 12.6. The van der Waals surface area contributed by atoms with Gasteiger partial charge in [-0.3, -0.25) is 0 Å². The predicted octanol–water partition coefficient (Wildman–Crippen LogP) is 2.85. The minimum Gasteiger partial charge on any atom is -0.314 e. The van der Waals surface area contributed by atoms with E-state index >= 15 is 0 Å². The molecule has 1 aromatic rings. The van der Waals surface area contributed by atoms with E-state index in [9.17, 15) is 8.42 Å². The first-order valence-corrected chi connectivity index (χ1v) is 8.38. The number of benzene rings is 1. The first-order chi connectivity index (χ1) is 8.78. The number of aryl methyl sites for hydroxylation is 2. The van der Waals surface area contributed by atoms with E-state index in [0.717, 1.165) is 17.7 Å². The lowest BCUT2D eigenvalue weighted by molar-refractivity contribution is 0.509. The largest absolute Gasteiger partial charge is 0.314 e. The van der Waals surface area contributed by atoms with E-state index in [0.29, 0.717) is 11.3 Å². The van der Waals surface area contributed by atoms with Crippen molar-refractivity contribution in [1.82, 2.24) is 5.32 Å². The van der Waals surface area contributed by atoms with Crippen molar-refractivity contribution in [2.45, 2.75) is 57.2 Å². The summed E-state index contributed by atoms with van der Waals surface area (Å²) in [5.74, 6) is 0. The van der Waals surface area contributed by atoms with Crippen molar-refractivity contribution in [2.75, 3.05) is 6.54 Å². The van der Waals surface area contributed by atoms with E-state index < -0.39 is 9.84 Å². The van der Waals surface area contributed by atoms with Gasteiger partial charge in [0.15, 0.2) is 9.84 Å². The second kappa shape index (κ2) is 6.53. The lowest BCUT2D eigenvalue weighted by atomic mass is 10.2. The predicted molar refractivity (Wildman–Crippen MR) is 80.3 cm³/mol. The molecule has 108 valence electrons. The van der Waals surface area contributed by atoms with Crippen molar-refractivity contribution in [3.8, 4) is 0 Å². The number of rotatable bonds is 6. The first kappa shape index (κ1) is 16.2. The summed E-state index contributed by atoms with van der Waals surface area (Å²) in [5, 5.41) is 2.89. The molecule has 0 aliphatic heterocycles. The van der Waals surface area contributed by atoms with Crippen LogP contribution in [-0.4, -0.2) is 26.3 Å². The number of sulfone groups is 1. The molecule has 0 fully saturated rings.